The highest BCUT2D eigenvalue weighted by Crippen LogP contribution is 2.21. The van der Waals surface area contributed by atoms with Crippen molar-refractivity contribution in [1.82, 2.24) is 5.32 Å². The van der Waals surface area contributed by atoms with E-state index >= 15 is 0 Å². The average Bonchev–Trinajstić information content (AvgIpc) is 2.18. The lowest BCUT2D eigenvalue weighted by Crippen LogP contribution is -2.31. The van der Waals surface area contributed by atoms with Gasteiger partial charge in [0.05, 0.1) is 18.8 Å². The number of nitrogens with one attached hydrogen (secondary N) is 1. The van der Waals surface area contributed by atoms with Gasteiger partial charge in [-0.25, -0.2) is 0 Å². The molecular weight excluding hydrogens is 235 g/mol. The number of hydrogen-bond acceptors (Lipinski definition) is 3. The highest BCUT2D eigenvalue weighted by molar-refractivity contribution is 4.60. The van der Waals surface area contributed by atoms with Gasteiger partial charge in [0.25, 0.3) is 0 Å². The highest BCUT2D eigenvalue weighted by atomic mass is 19.4. The number of unbranched alkanes of at least 4 members (excludes halogenated alkanes) is 1. The maximum Gasteiger partial charge on any atom is 0.389 e. The lowest BCUT2D eigenvalue weighted by atomic mass is 10.2. The van der Waals surface area contributed by atoms with Crippen LogP contribution < -0.4 is 5.32 Å². The molecule has 2 N–H and O–H groups in total. The van der Waals surface area contributed by atoms with Crippen LogP contribution in [0, 0.1) is 0 Å². The Morgan fingerprint density at radius 2 is 1.88 bits per heavy atom. The van der Waals surface area contributed by atoms with Crippen molar-refractivity contribution in [3.05, 3.63) is 0 Å². The Labute approximate surface area is 100 Å². The second-order valence-electron chi connectivity index (χ2n) is 4.31. The summed E-state index contributed by atoms with van der Waals surface area (Å²) in [5.41, 5.74) is 0. The molecule has 0 fully saturated rings. The Morgan fingerprint density at radius 1 is 1.24 bits per heavy atom. The molecule has 0 bridgehead atoms. The first-order chi connectivity index (χ1) is 7.81. The van der Waals surface area contributed by atoms with Gasteiger partial charge in [-0.05, 0) is 33.2 Å². The van der Waals surface area contributed by atoms with Gasteiger partial charge in [0.2, 0.25) is 0 Å². The Hall–Kier alpha value is -0.330. The monoisotopic (exact) mass is 257 g/mol. The van der Waals surface area contributed by atoms with Crippen LogP contribution in [0.25, 0.3) is 0 Å². The summed E-state index contributed by atoms with van der Waals surface area (Å²) in [6, 6.07) is 0. The molecule has 0 rings (SSSR count). The summed E-state index contributed by atoms with van der Waals surface area (Å²) in [7, 11) is 0. The molecule has 0 aliphatic rings. The van der Waals surface area contributed by atoms with Crippen molar-refractivity contribution >= 4 is 0 Å². The molecule has 0 aliphatic carbocycles. The quantitative estimate of drug-likeness (QED) is 0.621. The number of hydrogen-bond donors (Lipinski definition) is 2. The third-order valence-corrected chi connectivity index (χ3v) is 2.07. The number of aliphatic hydroxyl groups is 1. The largest absolute Gasteiger partial charge is 0.389 e. The summed E-state index contributed by atoms with van der Waals surface area (Å²) in [5.74, 6) is 0. The molecule has 6 heteroatoms. The van der Waals surface area contributed by atoms with Crippen molar-refractivity contribution in [2.75, 3.05) is 19.7 Å². The third kappa shape index (κ3) is 13.6. The van der Waals surface area contributed by atoms with E-state index < -0.39 is 18.7 Å². The molecule has 0 aromatic heterocycles. The normalized spacial score (nSPS) is 14.3. The molecule has 0 amide bonds. The van der Waals surface area contributed by atoms with Gasteiger partial charge in [0.1, 0.15) is 0 Å². The maximum absolute atomic E-state index is 11.8. The van der Waals surface area contributed by atoms with E-state index in [1.54, 1.807) is 0 Å². The van der Waals surface area contributed by atoms with Crippen LogP contribution >= 0.6 is 0 Å². The fourth-order valence-corrected chi connectivity index (χ4v) is 1.21. The van der Waals surface area contributed by atoms with E-state index in [1.165, 1.54) is 0 Å². The maximum atomic E-state index is 11.8. The number of ether oxygens (including phenoxy) is 1. The van der Waals surface area contributed by atoms with Crippen LogP contribution in [0.15, 0.2) is 0 Å². The number of alkyl halides is 3. The van der Waals surface area contributed by atoms with Crippen LogP contribution in [0.3, 0.4) is 0 Å². The zero-order valence-electron chi connectivity index (χ0n) is 10.4. The van der Waals surface area contributed by atoms with E-state index in [2.05, 4.69) is 5.32 Å². The first-order valence-corrected chi connectivity index (χ1v) is 5.88. The van der Waals surface area contributed by atoms with Crippen LogP contribution in [-0.4, -0.2) is 43.2 Å². The average molecular weight is 257 g/mol. The van der Waals surface area contributed by atoms with Crippen LogP contribution in [0.4, 0.5) is 13.2 Å². The summed E-state index contributed by atoms with van der Waals surface area (Å²) < 4.78 is 40.6. The predicted octanol–water partition coefficient (Wildman–Crippen LogP) is 2.09. The lowest BCUT2D eigenvalue weighted by Gasteiger charge is -2.14. The number of halogens is 3. The van der Waals surface area contributed by atoms with Crippen molar-refractivity contribution < 1.29 is 23.0 Å². The topological polar surface area (TPSA) is 41.5 Å². The Bertz CT molecular complexity index is 186. The van der Waals surface area contributed by atoms with Gasteiger partial charge in [-0.1, -0.05) is 0 Å². The van der Waals surface area contributed by atoms with Gasteiger partial charge in [-0.15, -0.1) is 0 Å². The van der Waals surface area contributed by atoms with Gasteiger partial charge in [-0.3, -0.25) is 0 Å². The predicted molar refractivity (Wildman–Crippen MR) is 59.9 cm³/mol. The van der Waals surface area contributed by atoms with E-state index in [1.807, 2.05) is 13.8 Å². The van der Waals surface area contributed by atoms with Gasteiger partial charge in [0.15, 0.2) is 0 Å². The standard InChI is InChI=1S/C11H22F3NO2/c1-9(2)17-8-10(16)7-15-6-4-3-5-11(12,13)14/h9-10,15-16H,3-8H2,1-2H3. The van der Waals surface area contributed by atoms with Gasteiger partial charge in [-0.2, -0.15) is 13.2 Å². The second-order valence-corrected chi connectivity index (χ2v) is 4.31. The molecule has 0 aromatic carbocycles. The van der Waals surface area contributed by atoms with Crippen molar-refractivity contribution in [1.29, 1.82) is 0 Å². The molecule has 1 unspecified atom stereocenters. The molecule has 1 atom stereocenters. The highest BCUT2D eigenvalue weighted by Gasteiger charge is 2.25. The van der Waals surface area contributed by atoms with Gasteiger partial charge < -0.3 is 15.2 Å². The summed E-state index contributed by atoms with van der Waals surface area (Å²) in [5, 5.41) is 12.3. The molecule has 0 aromatic rings. The number of aliphatic hydroxyl groups excluding tert-OH is 1. The van der Waals surface area contributed by atoms with Crippen molar-refractivity contribution in [3.8, 4) is 0 Å². The molecule has 0 spiro atoms. The van der Waals surface area contributed by atoms with Gasteiger partial charge in [0, 0.05) is 13.0 Å². The zero-order chi connectivity index (χ0) is 13.3. The molecule has 17 heavy (non-hydrogen) atoms. The number of rotatable bonds is 9. The fraction of sp³-hybridized carbons (Fsp3) is 1.00. The van der Waals surface area contributed by atoms with E-state index in [0.717, 1.165) is 0 Å². The SMILES string of the molecule is CC(C)OCC(O)CNCCCCC(F)(F)F. The van der Waals surface area contributed by atoms with Crippen molar-refractivity contribution in [2.24, 2.45) is 0 Å². The van der Waals surface area contributed by atoms with Gasteiger partial charge >= 0.3 is 6.18 Å². The van der Waals surface area contributed by atoms with E-state index in [-0.39, 0.29) is 19.1 Å². The van der Waals surface area contributed by atoms with E-state index in [4.69, 9.17) is 4.74 Å². The third-order valence-electron chi connectivity index (χ3n) is 2.07. The van der Waals surface area contributed by atoms with E-state index in [0.29, 0.717) is 19.5 Å². The molecule has 0 radical (unpaired) electrons. The van der Waals surface area contributed by atoms with Crippen LogP contribution in [0.1, 0.15) is 33.1 Å². The van der Waals surface area contributed by atoms with Crippen molar-refractivity contribution in [2.45, 2.75) is 51.5 Å². The second kappa shape index (κ2) is 8.72. The molecule has 0 heterocycles. The van der Waals surface area contributed by atoms with Crippen LogP contribution in [0.5, 0.6) is 0 Å². The zero-order valence-corrected chi connectivity index (χ0v) is 10.4. The lowest BCUT2D eigenvalue weighted by molar-refractivity contribution is -0.135. The minimum atomic E-state index is -4.06. The molecule has 104 valence electrons. The van der Waals surface area contributed by atoms with Crippen LogP contribution in [0.2, 0.25) is 0 Å². The fourth-order valence-electron chi connectivity index (χ4n) is 1.21. The summed E-state index contributed by atoms with van der Waals surface area (Å²) >= 11 is 0. The summed E-state index contributed by atoms with van der Waals surface area (Å²) in [4.78, 5) is 0. The molecule has 0 saturated carbocycles. The smallest absolute Gasteiger partial charge is 0.389 e. The molecular formula is C11H22F3NO2. The molecule has 3 nitrogen and oxygen atoms in total. The Balaban J connectivity index is 3.28. The molecule has 0 saturated heterocycles. The minimum absolute atomic E-state index is 0.0661. The molecule has 0 aliphatic heterocycles. The Morgan fingerprint density at radius 3 is 2.41 bits per heavy atom. The summed E-state index contributed by atoms with van der Waals surface area (Å²) in [6.45, 7) is 4.81. The van der Waals surface area contributed by atoms with Crippen LogP contribution in [-0.2, 0) is 4.74 Å². The first kappa shape index (κ1) is 16.7. The minimum Gasteiger partial charge on any atom is -0.389 e. The first-order valence-electron chi connectivity index (χ1n) is 5.88. The summed E-state index contributed by atoms with van der Waals surface area (Å²) in [6.07, 6.45) is -4.78. The van der Waals surface area contributed by atoms with E-state index in [9.17, 15) is 18.3 Å². The Kier molecular flexibility index (Phi) is 8.55. The van der Waals surface area contributed by atoms with Crippen molar-refractivity contribution in [3.63, 3.8) is 0 Å².